The van der Waals surface area contributed by atoms with E-state index in [4.69, 9.17) is 17.0 Å². The monoisotopic (exact) mass is 332 g/mol. The van der Waals surface area contributed by atoms with Crippen molar-refractivity contribution in [1.82, 2.24) is 9.97 Å². The molecule has 4 nitrogen and oxygen atoms in total. The summed E-state index contributed by atoms with van der Waals surface area (Å²) in [6.07, 6.45) is 2.29. The highest BCUT2D eigenvalue weighted by molar-refractivity contribution is 7.71. The summed E-state index contributed by atoms with van der Waals surface area (Å²) in [4.78, 5) is 18.2. The number of aromatic amines is 2. The Balaban J connectivity index is 2.36. The molecule has 0 aliphatic heterocycles. The summed E-state index contributed by atoms with van der Waals surface area (Å²) in [6.45, 7) is 6.97. The molecule has 0 unspecified atom stereocenters. The van der Waals surface area contributed by atoms with E-state index in [9.17, 15) is 4.79 Å². The lowest BCUT2D eigenvalue weighted by Crippen LogP contribution is -2.19. The van der Waals surface area contributed by atoms with Crippen molar-refractivity contribution in [2.75, 3.05) is 6.61 Å². The van der Waals surface area contributed by atoms with Crippen molar-refractivity contribution in [3.63, 3.8) is 0 Å². The lowest BCUT2D eigenvalue weighted by Gasteiger charge is -2.14. The Morgan fingerprint density at radius 1 is 1.22 bits per heavy atom. The molecule has 0 atom stereocenters. The molecule has 0 amide bonds. The SMILES string of the molecule is CCCc1[nH]c(=S)[nH]c(=O)c1Cc1ccccc1OCC(C)C. The van der Waals surface area contributed by atoms with Crippen molar-refractivity contribution < 1.29 is 4.74 Å². The van der Waals surface area contributed by atoms with E-state index in [1.54, 1.807) is 0 Å². The van der Waals surface area contributed by atoms with Crippen LogP contribution in [0.25, 0.3) is 0 Å². The van der Waals surface area contributed by atoms with E-state index in [0.29, 0.717) is 23.7 Å². The number of benzene rings is 1. The molecule has 0 radical (unpaired) electrons. The van der Waals surface area contributed by atoms with Crippen molar-refractivity contribution in [2.24, 2.45) is 5.92 Å². The minimum Gasteiger partial charge on any atom is -0.493 e. The van der Waals surface area contributed by atoms with Crippen LogP contribution in [0.1, 0.15) is 44.0 Å². The smallest absolute Gasteiger partial charge is 0.255 e. The lowest BCUT2D eigenvalue weighted by molar-refractivity contribution is 0.269. The summed E-state index contributed by atoms with van der Waals surface area (Å²) in [5.74, 6) is 1.29. The van der Waals surface area contributed by atoms with Gasteiger partial charge in [0, 0.05) is 17.7 Å². The lowest BCUT2D eigenvalue weighted by atomic mass is 10.0. The average molecular weight is 332 g/mol. The molecule has 0 aliphatic carbocycles. The van der Waals surface area contributed by atoms with Crippen LogP contribution in [-0.4, -0.2) is 16.6 Å². The maximum Gasteiger partial charge on any atom is 0.255 e. The number of hydrogen-bond acceptors (Lipinski definition) is 3. The summed E-state index contributed by atoms with van der Waals surface area (Å²) in [7, 11) is 0. The van der Waals surface area contributed by atoms with E-state index in [1.165, 1.54) is 0 Å². The molecule has 0 bridgehead atoms. The van der Waals surface area contributed by atoms with E-state index < -0.39 is 0 Å². The zero-order valence-electron chi connectivity index (χ0n) is 13.9. The molecular weight excluding hydrogens is 308 g/mol. The number of ether oxygens (including phenoxy) is 1. The third kappa shape index (κ3) is 4.79. The first-order valence-electron chi connectivity index (χ1n) is 8.06. The van der Waals surface area contributed by atoms with Crippen LogP contribution >= 0.6 is 12.2 Å². The van der Waals surface area contributed by atoms with Crippen molar-refractivity contribution in [3.05, 3.63) is 56.2 Å². The van der Waals surface area contributed by atoms with E-state index >= 15 is 0 Å². The van der Waals surface area contributed by atoms with Gasteiger partial charge in [0.05, 0.1) is 6.61 Å². The predicted octanol–water partition coefficient (Wildman–Crippen LogP) is 4.01. The molecule has 2 N–H and O–H groups in total. The molecule has 2 rings (SSSR count). The van der Waals surface area contributed by atoms with Gasteiger partial charge in [-0.1, -0.05) is 45.4 Å². The van der Waals surface area contributed by atoms with Gasteiger partial charge in [-0.2, -0.15) is 0 Å². The quantitative estimate of drug-likeness (QED) is 0.753. The van der Waals surface area contributed by atoms with Crippen LogP contribution in [0.15, 0.2) is 29.1 Å². The van der Waals surface area contributed by atoms with Crippen molar-refractivity contribution in [3.8, 4) is 5.75 Å². The van der Waals surface area contributed by atoms with Crippen LogP contribution in [0.3, 0.4) is 0 Å². The standard InChI is InChI=1S/C18H24N2O2S/c1-4-7-15-14(17(21)20-18(23)19-15)10-13-8-5-6-9-16(13)22-11-12(2)3/h5-6,8-9,12H,4,7,10-11H2,1-3H3,(H2,19,20,21,23). The molecular formula is C18H24N2O2S. The first-order valence-corrected chi connectivity index (χ1v) is 8.47. The van der Waals surface area contributed by atoms with Crippen LogP contribution in [0.2, 0.25) is 0 Å². The maximum atomic E-state index is 12.3. The number of hydrogen-bond donors (Lipinski definition) is 2. The molecule has 0 spiro atoms. The Bertz CT molecular complexity index is 762. The Hall–Kier alpha value is -1.88. The molecule has 1 aromatic carbocycles. The fourth-order valence-corrected chi connectivity index (χ4v) is 2.66. The zero-order chi connectivity index (χ0) is 16.8. The molecule has 1 aromatic heterocycles. The van der Waals surface area contributed by atoms with Gasteiger partial charge in [-0.15, -0.1) is 0 Å². The molecule has 0 aliphatic rings. The van der Waals surface area contributed by atoms with Crippen LogP contribution < -0.4 is 10.3 Å². The van der Waals surface area contributed by atoms with E-state index in [2.05, 4.69) is 30.7 Å². The first-order chi connectivity index (χ1) is 11.0. The van der Waals surface area contributed by atoms with Crippen LogP contribution in [0.5, 0.6) is 5.75 Å². The minimum absolute atomic E-state index is 0.115. The Morgan fingerprint density at radius 3 is 2.65 bits per heavy atom. The number of H-pyrrole nitrogens is 2. The molecule has 124 valence electrons. The summed E-state index contributed by atoms with van der Waals surface area (Å²) < 4.78 is 6.27. The Kier molecular flexibility index (Phi) is 6.16. The van der Waals surface area contributed by atoms with E-state index in [-0.39, 0.29) is 5.56 Å². The van der Waals surface area contributed by atoms with Gasteiger partial charge in [0.25, 0.3) is 5.56 Å². The van der Waals surface area contributed by atoms with Gasteiger partial charge < -0.3 is 9.72 Å². The molecule has 0 saturated heterocycles. The van der Waals surface area contributed by atoms with Gasteiger partial charge in [-0.3, -0.25) is 9.78 Å². The highest BCUT2D eigenvalue weighted by atomic mass is 32.1. The van der Waals surface area contributed by atoms with Gasteiger partial charge in [-0.05, 0) is 36.2 Å². The fourth-order valence-electron chi connectivity index (χ4n) is 2.45. The molecule has 0 saturated carbocycles. The van der Waals surface area contributed by atoms with E-state index in [0.717, 1.165) is 35.4 Å². The molecule has 1 heterocycles. The second kappa shape index (κ2) is 8.11. The molecule has 23 heavy (non-hydrogen) atoms. The molecule has 5 heteroatoms. The highest BCUT2D eigenvalue weighted by Crippen LogP contribution is 2.22. The molecule has 2 aromatic rings. The topological polar surface area (TPSA) is 57.9 Å². The normalized spacial score (nSPS) is 11.0. The second-order valence-electron chi connectivity index (χ2n) is 6.10. The van der Waals surface area contributed by atoms with Gasteiger partial charge >= 0.3 is 0 Å². The number of aryl methyl sites for hydroxylation is 1. The predicted molar refractivity (Wildman–Crippen MR) is 95.8 cm³/mol. The summed E-state index contributed by atoms with van der Waals surface area (Å²) in [5.41, 5.74) is 2.55. The van der Waals surface area contributed by atoms with Gasteiger partial charge in [0.1, 0.15) is 5.75 Å². The average Bonchev–Trinajstić information content (AvgIpc) is 2.49. The van der Waals surface area contributed by atoms with Crippen LogP contribution in [-0.2, 0) is 12.8 Å². The van der Waals surface area contributed by atoms with Crippen LogP contribution in [0.4, 0.5) is 0 Å². The third-order valence-electron chi connectivity index (χ3n) is 3.54. The van der Waals surface area contributed by atoms with E-state index in [1.807, 2.05) is 24.3 Å². The van der Waals surface area contributed by atoms with Gasteiger partial charge in [-0.25, -0.2) is 0 Å². The van der Waals surface area contributed by atoms with Gasteiger partial charge in [0.15, 0.2) is 4.77 Å². The first kappa shape index (κ1) is 17.5. The van der Waals surface area contributed by atoms with Crippen molar-refractivity contribution >= 4 is 12.2 Å². The van der Waals surface area contributed by atoms with Crippen LogP contribution in [0, 0.1) is 10.7 Å². The largest absolute Gasteiger partial charge is 0.493 e. The number of para-hydroxylation sites is 1. The summed E-state index contributed by atoms with van der Waals surface area (Å²) >= 11 is 5.09. The van der Waals surface area contributed by atoms with Gasteiger partial charge in [0.2, 0.25) is 0 Å². The summed E-state index contributed by atoms with van der Waals surface area (Å²) in [6, 6.07) is 7.88. The number of aromatic nitrogens is 2. The van der Waals surface area contributed by atoms with Crippen molar-refractivity contribution in [1.29, 1.82) is 0 Å². The maximum absolute atomic E-state index is 12.3. The number of nitrogens with one attached hydrogen (secondary N) is 2. The third-order valence-corrected chi connectivity index (χ3v) is 3.75. The van der Waals surface area contributed by atoms with Crippen molar-refractivity contribution in [2.45, 2.75) is 40.0 Å². The summed E-state index contributed by atoms with van der Waals surface area (Å²) in [5, 5.41) is 0. The minimum atomic E-state index is -0.115. The Morgan fingerprint density at radius 2 is 1.96 bits per heavy atom. The second-order valence-corrected chi connectivity index (χ2v) is 6.51. The number of rotatable bonds is 7. The zero-order valence-corrected chi connectivity index (χ0v) is 14.8. The fraction of sp³-hybridized carbons (Fsp3) is 0.444. The highest BCUT2D eigenvalue weighted by Gasteiger charge is 2.12. The Labute approximate surface area is 141 Å². The molecule has 0 fully saturated rings.